The zero-order valence-corrected chi connectivity index (χ0v) is 16.0. The van der Waals surface area contributed by atoms with E-state index in [1.165, 1.54) is 0 Å². The van der Waals surface area contributed by atoms with Crippen molar-refractivity contribution in [1.29, 1.82) is 0 Å². The van der Waals surface area contributed by atoms with Crippen molar-refractivity contribution < 1.29 is 34.3 Å². The third-order valence-electron chi connectivity index (χ3n) is 5.34. The van der Waals surface area contributed by atoms with Crippen LogP contribution in [0.3, 0.4) is 0 Å². The van der Waals surface area contributed by atoms with E-state index in [2.05, 4.69) is 0 Å². The van der Waals surface area contributed by atoms with Crippen LogP contribution in [0.5, 0.6) is 0 Å². The van der Waals surface area contributed by atoms with Gasteiger partial charge in [0.05, 0.1) is 54.9 Å². The van der Waals surface area contributed by atoms with E-state index in [-0.39, 0.29) is 31.8 Å². The van der Waals surface area contributed by atoms with E-state index in [4.69, 9.17) is 18.9 Å². The van der Waals surface area contributed by atoms with Crippen molar-refractivity contribution in [1.82, 2.24) is 0 Å². The maximum atomic E-state index is 10.2. The zero-order valence-electron chi connectivity index (χ0n) is 16.0. The van der Waals surface area contributed by atoms with Crippen LogP contribution in [0.15, 0.2) is 0 Å². The molecule has 6 atom stereocenters. The molecule has 2 aliphatic heterocycles. The van der Waals surface area contributed by atoms with Crippen LogP contribution in [-0.4, -0.2) is 83.5 Å². The van der Waals surface area contributed by atoms with Gasteiger partial charge in [0.2, 0.25) is 0 Å². The summed E-state index contributed by atoms with van der Waals surface area (Å²) in [5.41, 5.74) is -1.23. The summed E-state index contributed by atoms with van der Waals surface area (Å²) in [6.07, 6.45) is -1.57. The molecule has 7 nitrogen and oxygen atoms in total. The van der Waals surface area contributed by atoms with E-state index < -0.39 is 35.6 Å². The fourth-order valence-corrected chi connectivity index (χ4v) is 3.53. The molecule has 7 heteroatoms. The molecule has 0 aromatic carbocycles. The Morgan fingerprint density at radius 1 is 0.960 bits per heavy atom. The second-order valence-electron chi connectivity index (χ2n) is 8.30. The molecular formula is C18H34O7. The number of ether oxygens (including phenoxy) is 4. The summed E-state index contributed by atoms with van der Waals surface area (Å²) < 4.78 is 23.2. The molecule has 0 radical (unpaired) electrons. The predicted octanol–water partition coefficient (Wildman–Crippen LogP) is 0.626. The topological polar surface area (TPSA) is 97.6 Å². The lowest BCUT2D eigenvalue weighted by Gasteiger charge is -2.44. The first kappa shape index (κ1) is 21.0. The van der Waals surface area contributed by atoms with Crippen LogP contribution in [-0.2, 0) is 18.9 Å². The van der Waals surface area contributed by atoms with E-state index in [0.717, 1.165) is 0 Å². The van der Waals surface area contributed by atoms with Crippen molar-refractivity contribution in [2.45, 2.75) is 94.8 Å². The standard InChI is InChI=1S/C18H34O7/c1-17(2,22-5)15-8-11(19)6-13(25-15)10-24-18(3,4)16-14(21)7-12(20)9-23-16/h11-16,19-21H,6-10H2,1-5H3/t11-,12-,13-,14+,15+,16?/m0/s1. The van der Waals surface area contributed by atoms with Gasteiger partial charge in [0.1, 0.15) is 6.10 Å². The lowest BCUT2D eigenvalue weighted by Crippen LogP contribution is -2.55. The highest BCUT2D eigenvalue weighted by molar-refractivity contribution is 4.92. The fourth-order valence-electron chi connectivity index (χ4n) is 3.53. The molecule has 25 heavy (non-hydrogen) atoms. The molecule has 0 aliphatic carbocycles. The van der Waals surface area contributed by atoms with E-state index in [9.17, 15) is 15.3 Å². The lowest BCUT2D eigenvalue weighted by molar-refractivity contribution is -0.229. The Hall–Kier alpha value is -0.280. The minimum absolute atomic E-state index is 0.192. The number of hydrogen-bond donors (Lipinski definition) is 3. The second-order valence-corrected chi connectivity index (χ2v) is 8.30. The van der Waals surface area contributed by atoms with Crippen LogP contribution in [0, 0.1) is 0 Å². The molecule has 2 aliphatic rings. The van der Waals surface area contributed by atoms with E-state index in [0.29, 0.717) is 12.8 Å². The Kier molecular flexibility index (Phi) is 6.87. The summed E-state index contributed by atoms with van der Waals surface area (Å²) in [6.45, 7) is 8.07. The van der Waals surface area contributed by atoms with Gasteiger partial charge in [-0.25, -0.2) is 0 Å². The molecule has 2 fully saturated rings. The van der Waals surface area contributed by atoms with Crippen LogP contribution in [0.2, 0.25) is 0 Å². The molecule has 0 aromatic rings. The summed E-state index contributed by atoms with van der Waals surface area (Å²) in [4.78, 5) is 0. The van der Waals surface area contributed by atoms with Gasteiger partial charge >= 0.3 is 0 Å². The normalized spacial score (nSPS) is 37.9. The van der Waals surface area contributed by atoms with Crippen LogP contribution in [0.25, 0.3) is 0 Å². The molecule has 0 spiro atoms. The van der Waals surface area contributed by atoms with Crippen LogP contribution < -0.4 is 0 Å². The van der Waals surface area contributed by atoms with Crippen molar-refractivity contribution >= 4 is 0 Å². The first-order valence-corrected chi connectivity index (χ1v) is 9.05. The third-order valence-corrected chi connectivity index (χ3v) is 5.34. The van der Waals surface area contributed by atoms with Gasteiger partial charge in [-0.15, -0.1) is 0 Å². The number of hydrogen-bond acceptors (Lipinski definition) is 7. The number of aliphatic hydroxyl groups excluding tert-OH is 3. The Bertz CT molecular complexity index is 426. The SMILES string of the molecule is COC(C)(C)[C@H]1C[C@@H](O)C[C@@H](COC(C)(C)C2OC[C@@H](O)C[C@H]2O)O1. The minimum Gasteiger partial charge on any atom is -0.393 e. The molecular weight excluding hydrogens is 328 g/mol. The summed E-state index contributed by atoms with van der Waals surface area (Å²) in [6, 6.07) is 0. The molecule has 0 saturated carbocycles. The quantitative estimate of drug-likeness (QED) is 0.637. The van der Waals surface area contributed by atoms with Gasteiger partial charge in [0.25, 0.3) is 0 Å². The van der Waals surface area contributed by atoms with Crippen molar-refractivity contribution in [2.24, 2.45) is 0 Å². The highest BCUT2D eigenvalue weighted by atomic mass is 16.6. The molecule has 148 valence electrons. The van der Waals surface area contributed by atoms with Crippen LogP contribution >= 0.6 is 0 Å². The number of methoxy groups -OCH3 is 1. The highest BCUT2D eigenvalue weighted by Gasteiger charge is 2.43. The van der Waals surface area contributed by atoms with Gasteiger partial charge in [0.15, 0.2) is 0 Å². The van der Waals surface area contributed by atoms with Crippen molar-refractivity contribution in [3.8, 4) is 0 Å². The Morgan fingerprint density at radius 2 is 1.64 bits per heavy atom. The van der Waals surface area contributed by atoms with E-state index in [1.54, 1.807) is 7.11 Å². The van der Waals surface area contributed by atoms with Gasteiger partial charge in [-0.05, 0) is 27.7 Å². The molecule has 0 bridgehead atoms. The molecule has 2 saturated heterocycles. The van der Waals surface area contributed by atoms with Gasteiger partial charge < -0.3 is 34.3 Å². The molecule has 1 unspecified atom stereocenters. The number of aliphatic hydroxyl groups is 3. The maximum Gasteiger partial charge on any atom is 0.112 e. The lowest BCUT2D eigenvalue weighted by atomic mass is 9.90. The Balaban J connectivity index is 1.92. The van der Waals surface area contributed by atoms with Crippen LogP contribution in [0.4, 0.5) is 0 Å². The molecule has 2 rings (SSSR count). The van der Waals surface area contributed by atoms with E-state index >= 15 is 0 Å². The largest absolute Gasteiger partial charge is 0.393 e. The van der Waals surface area contributed by atoms with Crippen LogP contribution in [0.1, 0.15) is 47.0 Å². The summed E-state index contributed by atoms with van der Waals surface area (Å²) in [5.74, 6) is 0. The molecule has 2 heterocycles. The minimum atomic E-state index is -0.781. The van der Waals surface area contributed by atoms with Gasteiger partial charge in [0, 0.05) is 26.4 Å². The average Bonchev–Trinajstić information content (AvgIpc) is 2.52. The number of rotatable bonds is 6. The third kappa shape index (κ3) is 5.35. The van der Waals surface area contributed by atoms with Crippen molar-refractivity contribution in [2.75, 3.05) is 20.3 Å². The molecule has 3 N–H and O–H groups in total. The smallest absolute Gasteiger partial charge is 0.112 e. The zero-order chi connectivity index (χ0) is 18.8. The van der Waals surface area contributed by atoms with Gasteiger partial charge in [-0.1, -0.05) is 0 Å². The van der Waals surface area contributed by atoms with E-state index in [1.807, 2.05) is 27.7 Å². The van der Waals surface area contributed by atoms with Gasteiger partial charge in [-0.2, -0.15) is 0 Å². The monoisotopic (exact) mass is 362 g/mol. The first-order valence-electron chi connectivity index (χ1n) is 9.05. The van der Waals surface area contributed by atoms with Crippen molar-refractivity contribution in [3.05, 3.63) is 0 Å². The first-order chi connectivity index (χ1) is 11.5. The van der Waals surface area contributed by atoms with Gasteiger partial charge in [-0.3, -0.25) is 0 Å². The summed E-state index contributed by atoms with van der Waals surface area (Å²) in [7, 11) is 1.63. The van der Waals surface area contributed by atoms with Crippen molar-refractivity contribution in [3.63, 3.8) is 0 Å². The molecule has 0 aromatic heterocycles. The Morgan fingerprint density at radius 3 is 2.24 bits per heavy atom. The fraction of sp³-hybridized carbons (Fsp3) is 1.00. The Labute approximate surface area is 150 Å². The highest BCUT2D eigenvalue weighted by Crippen LogP contribution is 2.31. The average molecular weight is 362 g/mol. The summed E-state index contributed by atoms with van der Waals surface area (Å²) in [5, 5.41) is 29.9. The summed E-state index contributed by atoms with van der Waals surface area (Å²) >= 11 is 0. The maximum absolute atomic E-state index is 10.2. The predicted molar refractivity (Wildman–Crippen MR) is 91.4 cm³/mol. The molecule has 0 amide bonds. The second kappa shape index (κ2) is 8.17.